The Hall–Kier alpha value is -2.03. The summed E-state index contributed by atoms with van der Waals surface area (Å²) in [5, 5.41) is 9.88. The van der Waals surface area contributed by atoms with Crippen molar-refractivity contribution in [3.63, 3.8) is 0 Å². The minimum absolute atomic E-state index is 0.00167. The van der Waals surface area contributed by atoms with E-state index in [1.165, 1.54) is 0 Å². The highest BCUT2D eigenvalue weighted by atomic mass is 16.3. The van der Waals surface area contributed by atoms with Crippen LogP contribution in [-0.2, 0) is 0 Å². The van der Waals surface area contributed by atoms with Gasteiger partial charge in [0.2, 0.25) is 0 Å². The number of rotatable bonds is 0. The summed E-state index contributed by atoms with van der Waals surface area (Å²) in [5.74, 6) is -0.300. The number of benzene rings is 1. The van der Waals surface area contributed by atoms with Crippen molar-refractivity contribution in [2.45, 2.75) is 6.04 Å². The van der Waals surface area contributed by atoms with Crippen LogP contribution < -0.4 is 4.90 Å². The Bertz CT molecular complexity index is 545. The number of nitrogens with zero attached hydrogens (tertiary/aromatic N) is 1. The van der Waals surface area contributed by atoms with Gasteiger partial charge in [-0.1, -0.05) is 24.3 Å². The molecule has 0 saturated carbocycles. The molecular formula is C14H13NO2. The minimum atomic E-state index is -0.458. The van der Waals surface area contributed by atoms with E-state index in [1.807, 2.05) is 42.3 Å². The fourth-order valence-corrected chi connectivity index (χ4v) is 2.62. The van der Waals surface area contributed by atoms with Crippen LogP contribution in [0.3, 0.4) is 0 Å². The summed E-state index contributed by atoms with van der Waals surface area (Å²) in [6.07, 6.45) is 5.35. The Labute approximate surface area is 99.7 Å². The van der Waals surface area contributed by atoms with Crippen molar-refractivity contribution >= 4 is 11.5 Å². The van der Waals surface area contributed by atoms with E-state index >= 15 is 0 Å². The maximum atomic E-state index is 12.3. The molecule has 0 fully saturated rings. The summed E-state index contributed by atoms with van der Waals surface area (Å²) in [6, 6.07) is 7.44. The third-order valence-corrected chi connectivity index (χ3v) is 3.51. The molecule has 0 spiro atoms. The quantitative estimate of drug-likeness (QED) is 0.739. The standard InChI is InChI=1S/C14H13NO2/c1-15-10-6-3-2-5-9(10)14(17)13-11(15)7-4-8-12(13)16/h2-8,11,13,16H,1H3. The van der Waals surface area contributed by atoms with Crippen LogP contribution in [-0.4, -0.2) is 24.0 Å². The Morgan fingerprint density at radius 2 is 2.06 bits per heavy atom. The number of aliphatic hydroxyl groups is 1. The molecule has 1 aliphatic carbocycles. The molecule has 0 bridgehead atoms. The van der Waals surface area contributed by atoms with Crippen LogP contribution in [0.4, 0.5) is 5.69 Å². The molecule has 2 atom stereocenters. The van der Waals surface area contributed by atoms with E-state index in [0.29, 0.717) is 5.56 Å². The van der Waals surface area contributed by atoms with Crippen molar-refractivity contribution in [1.29, 1.82) is 0 Å². The Morgan fingerprint density at radius 1 is 1.29 bits per heavy atom. The smallest absolute Gasteiger partial charge is 0.177 e. The van der Waals surface area contributed by atoms with Gasteiger partial charge in [-0.25, -0.2) is 0 Å². The average molecular weight is 227 g/mol. The lowest BCUT2D eigenvalue weighted by atomic mass is 9.81. The van der Waals surface area contributed by atoms with E-state index < -0.39 is 5.92 Å². The molecule has 1 aliphatic heterocycles. The normalized spacial score (nSPS) is 26.3. The van der Waals surface area contributed by atoms with E-state index in [0.717, 1.165) is 5.69 Å². The molecule has 86 valence electrons. The highest BCUT2D eigenvalue weighted by molar-refractivity contribution is 6.07. The van der Waals surface area contributed by atoms with Gasteiger partial charge < -0.3 is 10.0 Å². The van der Waals surface area contributed by atoms with Gasteiger partial charge in [-0.15, -0.1) is 0 Å². The monoisotopic (exact) mass is 227 g/mol. The first kappa shape index (κ1) is 10.1. The van der Waals surface area contributed by atoms with E-state index in [1.54, 1.807) is 12.2 Å². The Balaban J connectivity index is 2.18. The summed E-state index contributed by atoms with van der Waals surface area (Å²) in [6.45, 7) is 0. The number of hydrogen-bond donors (Lipinski definition) is 1. The van der Waals surface area contributed by atoms with Crippen molar-refractivity contribution in [2.24, 2.45) is 5.92 Å². The average Bonchev–Trinajstić information content (AvgIpc) is 2.36. The van der Waals surface area contributed by atoms with E-state index in [9.17, 15) is 9.90 Å². The summed E-state index contributed by atoms with van der Waals surface area (Å²) < 4.78 is 0. The van der Waals surface area contributed by atoms with Crippen LogP contribution in [0.5, 0.6) is 0 Å². The second-order valence-corrected chi connectivity index (χ2v) is 4.44. The number of hydrogen-bond acceptors (Lipinski definition) is 3. The number of likely N-dealkylation sites (N-methyl/N-ethyl adjacent to an activating group) is 1. The Kier molecular flexibility index (Phi) is 2.08. The molecule has 3 heteroatoms. The molecule has 2 aliphatic rings. The summed E-state index contributed by atoms with van der Waals surface area (Å²) in [4.78, 5) is 14.4. The molecule has 0 saturated heterocycles. The second kappa shape index (κ2) is 3.48. The lowest BCUT2D eigenvalue weighted by Crippen LogP contribution is -2.46. The number of aliphatic hydroxyl groups excluding tert-OH is 1. The molecule has 0 radical (unpaired) electrons. The number of carbonyl (C=O) groups is 1. The molecule has 17 heavy (non-hydrogen) atoms. The van der Waals surface area contributed by atoms with E-state index in [-0.39, 0.29) is 17.6 Å². The van der Waals surface area contributed by atoms with Gasteiger partial charge in [0.05, 0.1) is 6.04 Å². The fourth-order valence-electron chi connectivity index (χ4n) is 2.62. The first-order chi connectivity index (χ1) is 8.20. The van der Waals surface area contributed by atoms with Gasteiger partial charge >= 0.3 is 0 Å². The van der Waals surface area contributed by atoms with Crippen LogP contribution >= 0.6 is 0 Å². The van der Waals surface area contributed by atoms with Gasteiger partial charge in [0.1, 0.15) is 11.7 Å². The first-order valence-corrected chi connectivity index (χ1v) is 5.63. The highest BCUT2D eigenvalue weighted by Gasteiger charge is 2.40. The number of carbonyl (C=O) groups excluding carboxylic acids is 1. The minimum Gasteiger partial charge on any atom is -0.511 e. The zero-order valence-electron chi connectivity index (χ0n) is 9.50. The Morgan fingerprint density at radius 3 is 2.88 bits per heavy atom. The topological polar surface area (TPSA) is 40.5 Å². The maximum absolute atomic E-state index is 12.3. The molecule has 3 nitrogen and oxygen atoms in total. The number of Topliss-reactive ketones (excluding diaryl/α,β-unsaturated/α-hetero) is 1. The number of allylic oxidation sites excluding steroid dienone is 2. The van der Waals surface area contributed by atoms with Gasteiger partial charge in [-0.05, 0) is 18.2 Å². The molecule has 1 aromatic rings. The largest absolute Gasteiger partial charge is 0.511 e. The zero-order chi connectivity index (χ0) is 12.0. The van der Waals surface area contributed by atoms with Gasteiger partial charge in [-0.2, -0.15) is 0 Å². The van der Waals surface area contributed by atoms with E-state index in [2.05, 4.69) is 0 Å². The van der Waals surface area contributed by atoms with Crippen molar-refractivity contribution < 1.29 is 9.90 Å². The highest BCUT2D eigenvalue weighted by Crippen LogP contribution is 2.37. The lowest BCUT2D eigenvalue weighted by molar-refractivity contribution is 0.0892. The number of fused-ring (bicyclic) bond motifs is 2. The summed E-state index contributed by atoms with van der Waals surface area (Å²) in [7, 11) is 1.95. The van der Waals surface area contributed by atoms with Crippen LogP contribution in [0.1, 0.15) is 10.4 Å². The molecule has 1 aromatic carbocycles. The molecule has 3 rings (SSSR count). The van der Waals surface area contributed by atoms with Crippen molar-refractivity contribution in [3.8, 4) is 0 Å². The molecule has 1 heterocycles. The molecule has 0 aromatic heterocycles. The van der Waals surface area contributed by atoms with Crippen molar-refractivity contribution in [2.75, 3.05) is 11.9 Å². The van der Waals surface area contributed by atoms with Crippen molar-refractivity contribution in [3.05, 3.63) is 53.8 Å². The number of ketones is 1. The van der Waals surface area contributed by atoms with Crippen LogP contribution in [0.15, 0.2) is 48.3 Å². The third-order valence-electron chi connectivity index (χ3n) is 3.51. The SMILES string of the molecule is CN1c2ccccc2C(=O)C2C(O)=CC=CC21. The van der Waals surface area contributed by atoms with E-state index in [4.69, 9.17) is 0 Å². The number of para-hydroxylation sites is 1. The van der Waals surface area contributed by atoms with Gasteiger partial charge in [0.15, 0.2) is 5.78 Å². The molecule has 2 unspecified atom stereocenters. The third kappa shape index (κ3) is 1.32. The number of anilines is 1. The summed E-state index contributed by atoms with van der Waals surface area (Å²) >= 11 is 0. The van der Waals surface area contributed by atoms with Gasteiger partial charge in [0, 0.05) is 18.3 Å². The molecule has 0 amide bonds. The molecule has 1 N–H and O–H groups in total. The predicted octanol–water partition coefficient (Wildman–Crippen LogP) is 2.32. The van der Waals surface area contributed by atoms with Crippen LogP contribution in [0.25, 0.3) is 0 Å². The van der Waals surface area contributed by atoms with Crippen molar-refractivity contribution in [1.82, 2.24) is 0 Å². The molecular weight excluding hydrogens is 214 g/mol. The summed E-state index contributed by atoms with van der Waals surface area (Å²) in [5.41, 5.74) is 1.62. The van der Waals surface area contributed by atoms with Gasteiger partial charge in [0.25, 0.3) is 0 Å². The van der Waals surface area contributed by atoms with Crippen LogP contribution in [0, 0.1) is 5.92 Å². The van der Waals surface area contributed by atoms with Crippen LogP contribution in [0.2, 0.25) is 0 Å². The first-order valence-electron chi connectivity index (χ1n) is 5.63. The zero-order valence-corrected chi connectivity index (χ0v) is 9.50. The second-order valence-electron chi connectivity index (χ2n) is 4.44. The van der Waals surface area contributed by atoms with Gasteiger partial charge in [-0.3, -0.25) is 4.79 Å². The lowest BCUT2D eigenvalue weighted by Gasteiger charge is -2.39. The maximum Gasteiger partial charge on any atom is 0.177 e. The fraction of sp³-hybridized carbons (Fsp3) is 0.214. The predicted molar refractivity (Wildman–Crippen MR) is 66.3 cm³/mol.